The zero-order chi connectivity index (χ0) is 11.1. The van der Waals surface area contributed by atoms with Gasteiger partial charge in [-0.3, -0.25) is 0 Å². The Morgan fingerprint density at radius 1 is 1.53 bits per heavy atom. The molecular formula is C10H14O5. The Bertz CT molecular complexity index is 307. The van der Waals surface area contributed by atoms with Crippen molar-refractivity contribution >= 4 is 5.97 Å². The van der Waals surface area contributed by atoms with E-state index in [2.05, 4.69) is 0 Å². The van der Waals surface area contributed by atoms with Crippen LogP contribution in [0.25, 0.3) is 0 Å². The highest BCUT2D eigenvalue weighted by Gasteiger charge is 2.43. The second-order valence-corrected chi connectivity index (χ2v) is 4.10. The van der Waals surface area contributed by atoms with Crippen molar-refractivity contribution in [2.75, 3.05) is 13.2 Å². The molecule has 0 aromatic carbocycles. The van der Waals surface area contributed by atoms with Crippen LogP contribution in [-0.2, 0) is 19.0 Å². The molecule has 0 radical (unpaired) electrons. The Hall–Kier alpha value is -0.910. The third kappa shape index (κ3) is 2.04. The molecule has 0 aromatic rings. The fraction of sp³-hybridized carbons (Fsp3) is 0.700. The van der Waals surface area contributed by atoms with E-state index in [4.69, 9.17) is 19.3 Å². The Morgan fingerprint density at radius 2 is 2.27 bits per heavy atom. The Labute approximate surface area is 87.6 Å². The minimum Gasteiger partial charge on any atom is -0.458 e. The van der Waals surface area contributed by atoms with Crippen molar-refractivity contribution in [2.45, 2.75) is 31.8 Å². The van der Waals surface area contributed by atoms with Crippen molar-refractivity contribution in [3.63, 3.8) is 0 Å². The maximum atomic E-state index is 10.9. The summed E-state index contributed by atoms with van der Waals surface area (Å²) in [6.45, 7) is 3.63. The number of esters is 1. The second kappa shape index (κ2) is 3.59. The number of hydrogen-bond donors (Lipinski definition) is 1. The molecule has 2 heterocycles. The minimum absolute atomic E-state index is 0.139. The SMILES string of the molecule is CC1(C)O[C@H](C2=CC(=O)OC2)[C@@H](CO)O1. The first kappa shape index (κ1) is 10.6. The normalized spacial score (nSPS) is 34.1. The molecule has 0 saturated carbocycles. The molecule has 0 aliphatic carbocycles. The predicted molar refractivity (Wildman–Crippen MR) is 50.0 cm³/mol. The van der Waals surface area contributed by atoms with Crippen LogP contribution < -0.4 is 0 Å². The van der Waals surface area contributed by atoms with E-state index in [-0.39, 0.29) is 19.2 Å². The van der Waals surface area contributed by atoms with Gasteiger partial charge in [0.15, 0.2) is 5.79 Å². The van der Waals surface area contributed by atoms with Gasteiger partial charge in [-0.15, -0.1) is 0 Å². The quantitative estimate of drug-likeness (QED) is 0.654. The number of carbonyl (C=O) groups excluding carboxylic acids is 1. The molecule has 1 N–H and O–H groups in total. The first-order chi connectivity index (χ1) is 7.02. The van der Waals surface area contributed by atoms with E-state index in [1.165, 1.54) is 6.08 Å². The van der Waals surface area contributed by atoms with Gasteiger partial charge in [-0.2, -0.15) is 0 Å². The largest absolute Gasteiger partial charge is 0.458 e. The number of hydrogen-bond acceptors (Lipinski definition) is 5. The molecule has 5 heteroatoms. The number of carbonyl (C=O) groups is 1. The van der Waals surface area contributed by atoms with Crippen LogP contribution in [0.4, 0.5) is 0 Å². The van der Waals surface area contributed by atoms with Crippen molar-refractivity contribution in [3.8, 4) is 0 Å². The molecular weight excluding hydrogens is 200 g/mol. The lowest BCUT2D eigenvalue weighted by molar-refractivity contribution is -0.147. The van der Waals surface area contributed by atoms with Gasteiger partial charge in [-0.1, -0.05) is 0 Å². The van der Waals surface area contributed by atoms with Crippen molar-refractivity contribution in [3.05, 3.63) is 11.6 Å². The van der Waals surface area contributed by atoms with Crippen molar-refractivity contribution in [1.82, 2.24) is 0 Å². The molecule has 2 aliphatic rings. The molecule has 2 atom stereocenters. The van der Waals surface area contributed by atoms with E-state index in [9.17, 15) is 4.79 Å². The molecule has 0 amide bonds. The molecule has 0 aromatic heterocycles. The molecule has 15 heavy (non-hydrogen) atoms. The third-order valence-corrected chi connectivity index (χ3v) is 2.41. The number of ether oxygens (including phenoxy) is 3. The first-order valence-electron chi connectivity index (χ1n) is 4.85. The summed E-state index contributed by atoms with van der Waals surface area (Å²) in [7, 11) is 0. The van der Waals surface area contributed by atoms with E-state index in [1.54, 1.807) is 13.8 Å². The number of aliphatic hydroxyl groups is 1. The maximum absolute atomic E-state index is 10.9. The van der Waals surface area contributed by atoms with Gasteiger partial charge in [0, 0.05) is 11.6 Å². The lowest BCUT2D eigenvalue weighted by atomic mass is 10.1. The molecule has 2 rings (SSSR count). The lowest BCUT2D eigenvalue weighted by Gasteiger charge is -2.16. The van der Waals surface area contributed by atoms with E-state index < -0.39 is 18.0 Å². The van der Waals surface area contributed by atoms with Crippen LogP contribution in [0, 0.1) is 0 Å². The zero-order valence-electron chi connectivity index (χ0n) is 8.73. The van der Waals surface area contributed by atoms with E-state index >= 15 is 0 Å². The highest BCUT2D eigenvalue weighted by atomic mass is 16.8. The van der Waals surface area contributed by atoms with Gasteiger partial charge in [-0.25, -0.2) is 4.79 Å². The predicted octanol–water partition coefficient (Wildman–Crippen LogP) is -0.0180. The highest BCUT2D eigenvalue weighted by molar-refractivity contribution is 5.85. The Morgan fingerprint density at radius 3 is 2.80 bits per heavy atom. The molecule has 1 fully saturated rings. The van der Waals surface area contributed by atoms with Gasteiger partial charge in [0.25, 0.3) is 0 Å². The average molecular weight is 214 g/mol. The fourth-order valence-electron chi connectivity index (χ4n) is 1.84. The molecule has 5 nitrogen and oxygen atoms in total. The number of aliphatic hydroxyl groups excluding tert-OH is 1. The van der Waals surface area contributed by atoms with E-state index in [0.717, 1.165) is 5.57 Å². The van der Waals surface area contributed by atoms with E-state index in [1.807, 2.05) is 0 Å². The van der Waals surface area contributed by atoms with Crippen LogP contribution in [0.5, 0.6) is 0 Å². The van der Waals surface area contributed by atoms with Crippen LogP contribution in [0.1, 0.15) is 13.8 Å². The smallest absolute Gasteiger partial charge is 0.331 e. The monoisotopic (exact) mass is 214 g/mol. The highest BCUT2D eigenvalue weighted by Crippen LogP contribution is 2.33. The van der Waals surface area contributed by atoms with Crippen LogP contribution in [0.15, 0.2) is 11.6 Å². The van der Waals surface area contributed by atoms with Gasteiger partial charge in [0.2, 0.25) is 0 Å². The molecule has 0 unspecified atom stereocenters. The first-order valence-corrected chi connectivity index (χ1v) is 4.85. The summed E-state index contributed by atoms with van der Waals surface area (Å²) in [6.07, 6.45) is 0.579. The Balaban J connectivity index is 2.15. The Kier molecular flexibility index (Phi) is 2.54. The summed E-state index contributed by atoms with van der Waals surface area (Å²) in [5.41, 5.74) is 0.727. The van der Waals surface area contributed by atoms with Crippen molar-refractivity contribution in [1.29, 1.82) is 0 Å². The van der Waals surface area contributed by atoms with Crippen molar-refractivity contribution < 1.29 is 24.1 Å². The molecule has 84 valence electrons. The summed E-state index contributed by atoms with van der Waals surface area (Å²) < 4.78 is 15.9. The van der Waals surface area contributed by atoms with Crippen LogP contribution in [-0.4, -0.2) is 42.3 Å². The van der Waals surface area contributed by atoms with Gasteiger partial charge < -0.3 is 19.3 Å². The molecule has 1 saturated heterocycles. The summed E-state index contributed by atoms with van der Waals surface area (Å²) >= 11 is 0. The minimum atomic E-state index is -0.732. The average Bonchev–Trinajstić information content (AvgIpc) is 2.69. The fourth-order valence-corrected chi connectivity index (χ4v) is 1.84. The van der Waals surface area contributed by atoms with E-state index in [0.29, 0.717) is 0 Å². The number of cyclic esters (lactones) is 1. The topological polar surface area (TPSA) is 65.0 Å². The van der Waals surface area contributed by atoms with Crippen LogP contribution in [0.2, 0.25) is 0 Å². The maximum Gasteiger partial charge on any atom is 0.331 e. The summed E-state index contributed by atoms with van der Waals surface area (Å²) in [4.78, 5) is 10.9. The standard InChI is InChI=1S/C10H14O5/c1-10(2)14-7(4-11)9(15-10)6-3-8(12)13-5-6/h3,7,9,11H,4-5H2,1-2H3/t7-,9-/m1/s1. The van der Waals surface area contributed by atoms with Crippen LogP contribution in [0.3, 0.4) is 0 Å². The number of rotatable bonds is 2. The third-order valence-electron chi connectivity index (χ3n) is 2.41. The molecule has 0 bridgehead atoms. The summed E-state index contributed by atoms with van der Waals surface area (Å²) in [5.74, 6) is -1.10. The van der Waals surface area contributed by atoms with Crippen LogP contribution >= 0.6 is 0 Å². The lowest BCUT2D eigenvalue weighted by Crippen LogP contribution is -2.28. The van der Waals surface area contributed by atoms with Gasteiger partial charge in [0.05, 0.1) is 6.61 Å². The van der Waals surface area contributed by atoms with Crippen molar-refractivity contribution in [2.24, 2.45) is 0 Å². The molecule has 0 spiro atoms. The zero-order valence-corrected chi connectivity index (χ0v) is 8.73. The molecule has 2 aliphatic heterocycles. The van der Waals surface area contributed by atoms with Gasteiger partial charge in [0.1, 0.15) is 18.8 Å². The second-order valence-electron chi connectivity index (χ2n) is 4.10. The van der Waals surface area contributed by atoms with Gasteiger partial charge in [-0.05, 0) is 13.8 Å². The van der Waals surface area contributed by atoms with Gasteiger partial charge >= 0.3 is 5.97 Å². The summed E-state index contributed by atoms with van der Waals surface area (Å²) in [5, 5.41) is 9.14. The summed E-state index contributed by atoms with van der Waals surface area (Å²) in [6, 6.07) is 0.